The van der Waals surface area contributed by atoms with Crippen molar-refractivity contribution in [2.24, 2.45) is 0 Å². The Balaban J connectivity index is 1.85. The third-order valence-electron chi connectivity index (χ3n) is 4.71. The molecule has 1 N–H and O–H groups in total. The second-order valence-corrected chi connectivity index (χ2v) is 7.30. The second-order valence-electron chi connectivity index (χ2n) is 7.30. The summed E-state index contributed by atoms with van der Waals surface area (Å²) in [6.45, 7) is 5.67. The summed E-state index contributed by atoms with van der Waals surface area (Å²) < 4.78 is 6.13. The zero-order valence-corrected chi connectivity index (χ0v) is 17.8. The van der Waals surface area contributed by atoms with E-state index in [-0.39, 0.29) is 11.8 Å². The number of aryl methyl sites for hydroxylation is 3. The van der Waals surface area contributed by atoms with Gasteiger partial charge >= 0.3 is 0 Å². The van der Waals surface area contributed by atoms with Crippen LogP contribution in [-0.4, -0.2) is 35.8 Å². The molecule has 1 heterocycles. The van der Waals surface area contributed by atoms with Gasteiger partial charge in [-0.15, -0.1) is 0 Å². The molecule has 30 heavy (non-hydrogen) atoms. The van der Waals surface area contributed by atoms with E-state index in [1.165, 1.54) is 4.90 Å². The first-order valence-electron chi connectivity index (χ1n) is 9.61. The fourth-order valence-electron chi connectivity index (χ4n) is 3.07. The minimum absolute atomic E-state index is 0.211. The van der Waals surface area contributed by atoms with Crippen molar-refractivity contribution < 1.29 is 14.3 Å². The molecule has 154 valence electrons. The maximum Gasteiger partial charge on any atom is 0.271 e. The quantitative estimate of drug-likeness (QED) is 0.667. The molecule has 0 spiro atoms. The molecule has 6 heteroatoms. The number of nitrogens with one attached hydrogen (secondary N) is 1. The molecule has 3 aromatic rings. The molecule has 0 aliphatic rings. The molecule has 0 unspecified atom stereocenters. The summed E-state index contributed by atoms with van der Waals surface area (Å²) in [6.07, 6.45) is 0. The number of aromatic nitrogens is 1. The number of rotatable bonds is 5. The number of hydrogen-bond donors (Lipinski definition) is 1. The highest BCUT2D eigenvalue weighted by Gasteiger charge is 2.17. The van der Waals surface area contributed by atoms with E-state index in [0.29, 0.717) is 28.4 Å². The van der Waals surface area contributed by atoms with Crippen molar-refractivity contribution in [3.05, 3.63) is 82.7 Å². The van der Waals surface area contributed by atoms with E-state index in [4.69, 9.17) is 4.74 Å². The van der Waals surface area contributed by atoms with Gasteiger partial charge in [0.15, 0.2) is 5.75 Å². The molecule has 0 aliphatic carbocycles. The first-order chi connectivity index (χ1) is 14.3. The van der Waals surface area contributed by atoms with Crippen molar-refractivity contribution in [2.75, 3.05) is 19.4 Å². The lowest BCUT2D eigenvalue weighted by Crippen LogP contribution is -2.24. The minimum Gasteiger partial charge on any atom is -0.455 e. The van der Waals surface area contributed by atoms with Crippen molar-refractivity contribution in [3.63, 3.8) is 0 Å². The Labute approximate surface area is 176 Å². The van der Waals surface area contributed by atoms with Crippen LogP contribution in [-0.2, 0) is 0 Å². The van der Waals surface area contributed by atoms with Gasteiger partial charge in [-0.3, -0.25) is 9.59 Å². The maximum absolute atomic E-state index is 12.9. The average Bonchev–Trinajstić information content (AvgIpc) is 2.71. The summed E-state index contributed by atoms with van der Waals surface area (Å²) in [4.78, 5) is 30.7. The molecular weight excluding hydrogens is 378 g/mol. The lowest BCUT2D eigenvalue weighted by molar-refractivity contribution is 0.0821. The number of nitrogens with zero attached hydrogens (tertiary/aromatic N) is 2. The Hall–Kier alpha value is -3.67. The van der Waals surface area contributed by atoms with Crippen LogP contribution in [0.1, 0.15) is 37.7 Å². The first kappa shape index (κ1) is 21.0. The standard InChI is InChI=1S/C24H25N3O3/c1-15-9-8-10-16(2)22(15)30-21-12-7-6-11-19(21)26-23(28)18-13-14-20(25-17(18)3)24(29)27(4)5/h6-14H,1-5H3,(H,26,28). The number of amides is 2. The third-order valence-corrected chi connectivity index (χ3v) is 4.71. The molecule has 0 saturated carbocycles. The number of anilines is 1. The Bertz CT molecular complexity index is 1090. The summed E-state index contributed by atoms with van der Waals surface area (Å²) in [7, 11) is 3.32. The van der Waals surface area contributed by atoms with E-state index in [1.807, 2.05) is 50.2 Å². The number of pyridine rings is 1. The van der Waals surface area contributed by atoms with E-state index >= 15 is 0 Å². The number of carbonyl (C=O) groups is 2. The molecule has 1 aromatic heterocycles. The maximum atomic E-state index is 12.9. The van der Waals surface area contributed by atoms with Crippen molar-refractivity contribution in [1.29, 1.82) is 0 Å². The van der Waals surface area contributed by atoms with Gasteiger partial charge < -0.3 is 15.0 Å². The molecule has 2 aromatic carbocycles. The van der Waals surface area contributed by atoms with Crippen LogP contribution in [0, 0.1) is 20.8 Å². The van der Waals surface area contributed by atoms with Crippen LogP contribution in [0.15, 0.2) is 54.6 Å². The van der Waals surface area contributed by atoms with Gasteiger partial charge in [0.05, 0.1) is 16.9 Å². The van der Waals surface area contributed by atoms with Gasteiger partial charge in [-0.1, -0.05) is 30.3 Å². The summed E-state index contributed by atoms with van der Waals surface area (Å²) in [6, 6.07) is 16.4. The predicted molar refractivity (Wildman–Crippen MR) is 117 cm³/mol. The summed E-state index contributed by atoms with van der Waals surface area (Å²) in [5, 5.41) is 2.90. The third kappa shape index (κ3) is 4.49. The highest BCUT2D eigenvalue weighted by Crippen LogP contribution is 2.33. The second kappa shape index (κ2) is 8.78. The van der Waals surface area contributed by atoms with Crippen LogP contribution in [0.3, 0.4) is 0 Å². The molecule has 3 rings (SSSR count). The van der Waals surface area contributed by atoms with Crippen molar-refractivity contribution in [1.82, 2.24) is 9.88 Å². The Morgan fingerprint density at radius 1 is 0.900 bits per heavy atom. The summed E-state index contributed by atoms with van der Waals surface area (Å²) in [5.74, 6) is 0.788. The van der Waals surface area contributed by atoms with Gasteiger partial charge in [-0.2, -0.15) is 0 Å². The van der Waals surface area contributed by atoms with E-state index < -0.39 is 0 Å². The summed E-state index contributed by atoms with van der Waals surface area (Å²) >= 11 is 0. The zero-order chi connectivity index (χ0) is 21.8. The molecule has 0 atom stereocenters. The summed E-state index contributed by atoms with van der Waals surface area (Å²) in [5.41, 5.74) is 3.75. The molecular formula is C24H25N3O3. The van der Waals surface area contributed by atoms with Gasteiger partial charge in [-0.25, -0.2) is 4.98 Å². The SMILES string of the molecule is Cc1cccc(C)c1Oc1ccccc1NC(=O)c1ccc(C(=O)N(C)C)nc1C. The molecule has 0 fully saturated rings. The van der Waals surface area contributed by atoms with Crippen LogP contribution in [0.2, 0.25) is 0 Å². The lowest BCUT2D eigenvalue weighted by atomic mass is 10.1. The van der Waals surface area contributed by atoms with Gasteiger partial charge in [0, 0.05) is 14.1 Å². The Morgan fingerprint density at radius 3 is 2.20 bits per heavy atom. The normalized spacial score (nSPS) is 10.4. The van der Waals surface area contributed by atoms with Crippen molar-refractivity contribution in [2.45, 2.75) is 20.8 Å². The van der Waals surface area contributed by atoms with Crippen molar-refractivity contribution >= 4 is 17.5 Å². The van der Waals surface area contributed by atoms with Crippen LogP contribution in [0.5, 0.6) is 11.5 Å². The number of benzene rings is 2. The number of hydrogen-bond acceptors (Lipinski definition) is 4. The smallest absolute Gasteiger partial charge is 0.271 e. The van der Waals surface area contributed by atoms with Crippen LogP contribution < -0.4 is 10.1 Å². The largest absolute Gasteiger partial charge is 0.455 e. The van der Waals surface area contributed by atoms with Gasteiger partial charge in [0.25, 0.3) is 11.8 Å². The number of carbonyl (C=O) groups excluding carboxylic acids is 2. The fourth-order valence-corrected chi connectivity index (χ4v) is 3.07. The zero-order valence-electron chi connectivity index (χ0n) is 17.8. The van der Waals surface area contributed by atoms with Gasteiger partial charge in [-0.05, 0) is 56.2 Å². The Morgan fingerprint density at radius 2 is 1.57 bits per heavy atom. The molecule has 2 amide bonds. The highest BCUT2D eigenvalue weighted by atomic mass is 16.5. The number of para-hydroxylation sites is 3. The molecule has 0 saturated heterocycles. The first-order valence-corrected chi connectivity index (χ1v) is 9.61. The monoisotopic (exact) mass is 403 g/mol. The van der Waals surface area contributed by atoms with E-state index in [2.05, 4.69) is 10.3 Å². The fraction of sp³-hybridized carbons (Fsp3) is 0.208. The average molecular weight is 403 g/mol. The van der Waals surface area contributed by atoms with Gasteiger partial charge in [0.2, 0.25) is 0 Å². The lowest BCUT2D eigenvalue weighted by Gasteiger charge is -2.16. The van der Waals surface area contributed by atoms with Crippen LogP contribution in [0.25, 0.3) is 0 Å². The molecule has 0 radical (unpaired) electrons. The predicted octanol–water partition coefficient (Wildman–Crippen LogP) is 4.75. The van der Waals surface area contributed by atoms with E-state index in [1.54, 1.807) is 39.2 Å². The Kier molecular flexibility index (Phi) is 6.16. The van der Waals surface area contributed by atoms with Crippen molar-refractivity contribution in [3.8, 4) is 11.5 Å². The highest BCUT2D eigenvalue weighted by molar-refractivity contribution is 6.06. The topological polar surface area (TPSA) is 71.5 Å². The molecule has 0 aliphatic heterocycles. The van der Waals surface area contributed by atoms with E-state index in [0.717, 1.165) is 16.9 Å². The molecule has 6 nitrogen and oxygen atoms in total. The van der Waals surface area contributed by atoms with Gasteiger partial charge in [0.1, 0.15) is 11.4 Å². The van der Waals surface area contributed by atoms with E-state index in [9.17, 15) is 9.59 Å². The van der Waals surface area contributed by atoms with Crippen LogP contribution in [0.4, 0.5) is 5.69 Å². The van der Waals surface area contributed by atoms with Crippen LogP contribution >= 0.6 is 0 Å². The minimum atomic E-state index is -0.318. The molecule has 0 bridgehead atoms. The number of ether oxygens (including phenoxy) is 1.